The minimum atomic E-state index is -4.45. The second-order valence-corrected chi connectivity index (χ2v) is 4.10. The summed E-state index contributed by atoms with van der Waals surface area (Å²) in [4.78, 5) is -0.315. The minimum Gasteiger partial charge on any atom is -0.744 e. The second kappa shape index (κ2) is 5.02. The fourth-order valence-corrected chi connectivity index (χ4v) is 1.59. The summed E-state index contributed by atoms with van der Waals surface area (Å²) in [6.45, 7) is 0. The molecule has 2 rings (SSSR count). The molecule has 0 amide bonds. The van der Waals surface area contributed by atoms with Crippen molar-refractivity contribution in [2.75, 3.05) is 0 Å². The van der Waals surface area contributed by atoms with E-state index in [-0.39, 0.29) is 40.3 Å². The maximum absolute atomic E-state index is 10.7. The summed E-state index contributed by atoms with van der Waals surface area (Å²) in [5.41, 5.74) is 0.417. The molecule has 7 nitrogen and oxygen atoms in total. The maximum Gasteiger partial charge on any atom is 1.00 e. The van der Waals surface area contributed by atoms with Crippen LogP contribution in [0.3, 0.4) is 0 Å². The smallest absolute Gasteiger partial charge is 0.744 e. The molecule has 0 saturated carbocycles. The fraction of sp³-hybridized carbons (Fsp3) is 0. The van der Waals surface area contributed by atoms with E-state index in [1.54, 1.807) is 6.07 Å². The van der Waals surface area contributed by atoms with Gasteiger partial charge in [-0.3, -0.25) is 0 Å². The number of aromatic amines is 1. The molecule has 0 aliphatic heterocycles. The first-order valence-corrected chi connectivity index (χ1v) is 5.28. The fourth-order valence-electron chi connectivity index (χ4n) is 1.07. The molecule has 78 valence electrons. The van der Waals surface area contributed by atoms with E-state index in [1.165, 1.54) is 18.2 Å². The van der Waals surface area contributed by atoms with Crippen molar-refractivity contribution < 1.29 is 42.5 Å². The second-order valence-electron chi connectivity index (χ2n) is 2.72. The van der Waals surface area contributed by atoms with Crippen LogP contribution in [0.2, 0.25) is 0 Å². The molecule has 0 saturated heterocycles. The zero-order valence-electron chi connectivity index (χ0n) is 8.28. The first-order chi connectivity index (χ1) is 7.07. The minimum absolute atomic E-state index is 0. The van der Waals surface area contributed by atoms with Gasteiger partial charge in [0.15, 0.2) is 0 Å². The largest absolute Gasteiger partial charge is 1.00 e. The summed E-state index contributed by atoms with van der Waals surface area (Å²) >= 11 is 0. The normalized spacial score (nSPS) is 10.8. The van der Waals surface area contributed by atoms with E-state index in [9.17, 15) is 13.0 Å². The summed E-state index contributed by atoms with van der Waals surface area (Å²) in [7, 11) is -4.45. The van der Waals surface area contributed by atoms with Gasteiger partial charge in [0.05, 0.1) is 4.90 Å². The predicted molar refractivity (Wildman–Crippen MR) is 47.6 cm³/mol. The van der Waals surface area contributed by atoms with E-state index in [0.717, 1.165) is 0 Å². The van der Waals surface area contributed by atoms with Gasteiger partial charge in [0.1, 0.15) is 10.1 Å². The zero-order chi connectivity index (χ0) is 10.9. The van der Waals surface area contributed by atoms with Gasteiger partial charge in [-0.05, 0) is 17.3 Å². The topological polar surface area (TPSA) is 112 Å². The summed E-state index contributed by atoms with van der Waals surface area (Å²) < 4.78 is 32.2. The van der Waals surface area contributed by atoms with Crippen molar-refractivity contribution in [3.8, 4) is 11.4 Å². The Morgan fingerprint density at radius 2 is 2.06 bits per heavy atom. The molecule has 9 heteroatoms. The third-order valence-corrected chi connectivity index (χ3v) is 2.56. The molecule has 1 aromatic heterocycles. The van der Waals surface area contributed by atoms with E-state index in [1.807, 2.05) is 0 Å². The van der Waals surface area contributed by atoms with Crippen LogP contribution in [0.15, 0.2) is 29.2 Å². The van der Waals surface area contributed by atoms with Crippen molar-refractivity contribution in [2.24, 2.45) is 0 Å². The molecule has 0 aliphatic carbocycles. The molecule has 0 spiro atoms. The molecule has 16 heavy (non-hydrogen) atoms. The molecule has 2 aromatic rings. The maximum atomic E-state index is 10.7. The quantitative estimate of drug-likeness (QED) is 0.442. The number of tetrazole rings is 1. The van der Waals surface area contributed by atoms with Gasteiger partial charge >= 0.3 is 29.6 Å². The Bertz CT molecular complexity index is 569. The van der Waals surface area contributed by atoms with Gasteiger partial charge in [-0.25, -0.2) is 8.42 Å². The molecule has 0 unspecified atom stereocenters. The molecule has 1 aromatic carbocycles. The summed E-state index contributed by atoms with van der Waals surface area (Å²) in [5, 5.41) is 12.9. The number of benzene rings is 1. The van der Waals surface area contributed by atoms with E-state index < -0.39 is 10.1 Å². The molecule has 0 atom stereocenters. The van der Waals surface area contributed by atoms with Crippen molar-refractivity contribution in [3.63, 3.8) is 0 Å². The van der Waals surface area contributed by atoms with E-state index >= 15 is 0 Å². The third kappa shape index (κ3) is 2.86. The summed E-state index contributed by atoms with van der Waals surface area (Å²) in [6.07, 6.45) is 0. The molecule has 0 fully saturated rings. The average Bonchev–Trinajstić information content (AvgIpc) is 2.69. The van der Waals surface area contributed by atoms with Crippen molar-refractivity contribution in [1.29, 1.82) is 0 Å². The molecular weight excluding hydrogens is 243 g/mol. The van der Waals surface area contributed by atoms with Crippen LogP contribution in [0.25, 0.3) is 11.4 Å². The van der Waals surface area contributed by atoms with Gasteiger partial charge in [-0.15, -0.1) is 10.2 Å². The van der Waals surface area contributed by atoms with Gasteiger partial charge in [0.2, 0.25) is 5.82 Å². The number of H-pyrrole nitrogens is 1. The number of nitrogens with zero attached hydrogens (tertiary/aromatic N) is 3. The van der Waals surface area contributed by atoms with E-state index in [0.29, 0.717) is 5.56 Å². The Morgan fingerprint density at radius 3 is 2.62 bits per heavy atom. The zero-order valence-corrected chi connectivity index (χ0v) is 11.1. The number of hydrogen-bond donors (Lipinski definition) is 1. The molecule has 0 aliphatic rings. The predicted octanol–water partition coefficient (Wildman–Crippen LogP) is -3.23. The van der Waals surface area contributed by atoms with Crippen LogP contribution in [0.5, 0.6) is 0 Å². The third-order valence-electron chi connectivity index (χ3n) is 1.73. The van der Waals surface area contributed by atoms with Crippen LogP contribution in [-0.2, 0) is 10.1 Å². The van der Waals surface area contributed by atoms with Gasteiger partial charge < -0.3 is 4.55 Å². The Labute approximate surface area is 113 Å². The Morgan fingerprint density at radius 1 is 1.31 bits per heavy atom. The molecule has 0 radical (unpaired) electrons. The monoisotopic (exact) mass is 248 g/mol. The van der Waals surface area contributed by atoms with E-state index in [2.05, 4.69) is 20.6 Å². The van der Waals surface area contributed by atoms with Crippen LogP contribution < -0.4 is 29.6 Å². The van der Waals surface area contributed by atoms with Crippen LogP contribution in [0.4, 0.5) is 0 Å². The van der Waals surface area contributed by atoms with Gasteiger partial charge in [0, 0.05) is 5.56 Å². The average molecular weight is 248 g/mol. The number of aromatic nitrogens is 4. The van der Waals surface area contributed by atoms with Gasteiger partial charge in [-0.1, -0.05) is 12.1 Å². The van der Waals surface area contributed by atoms with Crippen molar-refractivity contribution in [2.45, 2.75) is 4.90 Å². The molecule has 0 bridgehead atoms. The molecule has 1 heterocycles. The van der Waals surface area contributed by atoms with Crippen LogP contribution in [0.1, 0.15) is 0 Å². The number of hydrogen-bond acceptors (Lipinski definition) is 6. The molecular formula is C7H5N4NaO3S. The van der Waals surface area contributed by atoms with Crippen LogP contribution in [-0.4, -0.2) is 33.6 Å². The number of nitrogens with one attached hydrogen (secondary N) is 1. The van der Waals surface area contributed by atoms with Crippen molar-refractivity contribution in [3.05, 3.63) is 24.3 Å². The van der Waals surface area contributed by atoms with Gasteiger partial charge in [0.25, 0.3) is 0 Å². The number of rotatable bonds is 2. The van der Waals surface area contributed by atoms with Crippen molar-refractivity contribution >= 4 is 10.1 Å². The van der Waals surface area contributed by atoms with Crippen LogP contribution >= 0.6 is 0 Å². The summed E-state index contributed by atoms with van der Waals surface area (Å²) in [6, 6.07) is 5.44. The first kappa shape index (κ1) is 13.3. The Hall–Kier alpha value is -0.800. The first-order valence-electron chi connectivity index (χ1n) is 3.87. The molecule has 1 N–H and O–H groups in total. The Kier molecular flexibility index (Phi) is 4.16. The standard InChI is InChI=1S/C7H6N4O3S.Na/c12-15(13,14)6-3-1-2-5(4-6)7-8-10-11-9-7;/h1-4H,(H,12,13,14)(H,8,9,10,11);/q;+1/p-1. The summed E-state index contributed by atoms with van der Waals surface area (Å²) in [5.74, 6) is 0.237. The SMILES string of the molecule is O=S(=O)([O-])c1cccc(-c2nn[nH]n2)c1.[Na+]. The van der Waals surface area contributed by atoms with Crippen LogP contribution in [0, 0.1) is 0 Å². The van der Waals surface area contributed by atoms with E-state index in [4.69, 9.17) is 0 Å². The Balaban J connectivity index is 0.00000128. The van der Waals surface area contributed by atoms with Gasteiger partial charge in [-0.2, -0.15) is 5.21 Å². The van der Waals surface area contributed by atoms with Crippen molar-refractivity contribution in [1.82, 2.24) is 20.6 Å².